The van der Waals surface area contributed by atoms with Crippen LogP contribution in [0, 0.1) is 5.41 Å². The Balaban J connectivity index is 4.38. The zero-order valence-electron chi connectivity index (χ0n) is 14.6. The number of unbranched alkanes of at least 4 members (excludes halogenated alkanes) is 5. The molecule has 0 aromatic carbocycles. The molecule has 0 unspecified atom stereocenters. The van der Waals surface area contributed by atoms with Gasteiger partial charge in [-0.05, 0) is 20.3 Å². The van der Waals surface area contributed by atoms with Crippen LogP contribution in [-0.2, 0) is 14.2 Å². The molecule has 0 atom stereocenters. The van der Waals surface area contributed by atoms with Crippen molar-refractivity contribution in [3.05, 3.63) is 0 Å². The van der Waals surface area contributed by atoms with Gasteiger partial charge in [-0.25, -0.2) is 0 Å². The Labute approximate surface area is 126 Å². The van der Waals surface area contributed by atoms with Gasteiger partial charge in [0.1, 0.15) is 0 Å². The standard InChI is InChI=1S/C17H36O3/c1-7-10-11-12-13-14-15-16(4,5)17(18-6,19-8-2)20-9-3/h7-15H2,1-6H3. The van der Waals surface area contributed by atoms with Crippen molar-refractivity contribution in [2.45, 2.75) is 85.5 Å². The van der Waals surface area contributed by atoms with Crippen LogP contribution >= 0.6 is 0 Å². The molecule has 0 amide bonds. The molecule has 0 heterocycles. The van der Waals surface area contributed by atoms with Crippen LogP contribution in [0.2, 0.25) is 0 Å². The number of ether oxygens (including phenoxy) is 3. The van der Waals surface area contributed by atoms with Crippen LogP contribution in [0.5, 0.6) is 0 Å². The summed E-state index contributed by atoms with van der Waals surface area (Å²) in [6.45, 7) is 11.7. The van der Waals surface area contributed by atoms with E-state index in [0.717, 1.165) is 6.42 Å². The van der Waals surface area contributed by atoms with Crippen molar-refractivity contribution in [3.63, 3.8) is 0 Å². The van der Waals surface area contributed by atoms with Gasteiger partial charge in [0.15, 0.2) is 0 Å². The Morgan fingerprint density at radius 2 is 1.25 bits per heavy atom. The highest BCUT2D eigenvalue weighted by molar-refractivity contribution is 4.80. The maximum absolute atomic E-state index is 5.84. The molecule has 0 aliphatic rings. The largest absolute Gasteiger partial charge is 0.330 e. The predicted octanol–water partition coefficient (Wildman–Crippen LogP) is 5.14. The summed E-state index contributed by atoms with van der Waals surface area (Å²) in [6.07, 6.45) is 8.85. The summed E-state index contributed by atoms with van der Waals surface area (Å²) in [7, 11) is 1.67. The predicted molar refractivity (Wildman–Crippen MR) is 84.8 cm³/mol. The van der Waals surface area contributed by atoms with E-state index in [1.54, 1.807) is 7.11 Å². The molecule has 0 saturated heterocycles. The molecule has 0 spiro atoms. The van der Waals surface area contributed by atoms with Gasteiger partial charge in [0.2, 0.25) is 0 Å². The van der Waals surface area contributed by atoms with Gasteiger partial charge in [-0.2, -0.15) is 0 Å². The van der Waals surface area contributed by atoms with E-state index in [4.69, 9.17) is 14.2 Å². The lowest BCUT2D eigenvalue weighted by Gasteiger charge is -2.43. The Morgan fingerprint density at radius 3 is 1.70 bits per heavy atom. The van der Waals surface area contributed by atoms with E-state index >= 15 is 0 Å². The molecule has 0 rings (SSSR count). The first-order valence-electron chi connectivity index (χ1n) is 8.32. The Morgan fingerprint density at radius 1 is 0.750 bits per heavy atom. The molecule has 0 saturated carbocycles. The third kappa shape index (κ3) is 6.11. The fourth-order valence-electron chi connectivity index (χ4n) is 2.71. The summed E-state index contributed by atoms with van der Waals surface area (Å²) in [6, 6.07) is 0. The van der Waals surface area contributed by atoms with E-state index in [0.29, 0.717) is 13.2 Å². The van der Waals surface area contributed by atoms with Crippen LogP contribution in [0.25, 0.3) is 0 Å². The minimum Gasteiger partial charge on any atom is -0.330 e. The maximum Gasteiger partial charge on any atom is 0.288 e. The summed E-state index contributed by atoms with van der Waals surface area (Å²) in [5.41, 5.74) is -0.154. The SMILES string of the molecule is CCCCCCCCC(C)(C)C(OC)(OCC)OCC. The van der Waals surface area contributed by atoms with Gasteiger partial charge in [0.25, 0.3) is 5.97 Å². The van der Waals surface area contributed by atoms with Crippen LogP contribution in [0.3, 0.4) is 0 Å². The van der Waals surface area contributed by atoms with Crippen molar-refractivity contribution in [2.24, 2.45) is 5.41 Å². The monoisotopic (exact) mass is 288 g/mol. The number of hydrogen-bond donors (Lipinski definition) is 0. The second-order valence-electron chi connectivity index (χ2n) is 6.03. The van der Waals surface area contributed by atoms with Crippen molar-refractivity contribution in [1.82, 2.24) is 0 Å². The molecular formula is C17H36O3. The second-order valence-corrected chi connectivity index (χ2v) is 6.03. The number of rotatable bonds is 13. The summed E-state index contributed by atoms with van der Waals surface area (Å²) in [4.78, 5) is 0. The normalized spacial score (nSPS) is 12.9. The van der Waals surface area contributed by atoms with Crippen molar-refractivity contribution in [3.8, 4) is 0 Å². The average molecular weight is 288 g/mol. The lowest BCUT2D eigenvalue weighted by Crippen LogP contribution is -2.51. The van der Waals surface area contributed by atoms with Crippen LogP contribution < -0.4 is 0 Å². The first-order chi connectivity index (χ1) is 9.49. The van der Waals surface area contributed by atoms with E-state index in [2.05, 4.69) is 20.8 Å². The summed E-state index contributed by atoms with van der Waals surface area (Å²) in [5, 5.41) is 0. The van der Waals surface area contributed by atoms with Gasteiger partial charge in [-0.3, -0.25) is 0 Å². The molecule has 0 bridgehead atoms. The third-order valence-electron chi connectivity index (χ3n) is 3.92. The molecule has 3 nitrogen and oxygen atoms in total. The highest BCUT2D eigenvalue weighted by Gasteiger charge is 2.47. The minimum atomic E-state index is -0.917. The third-order valence-corrected chi connectivity index (χ3v) is 3.92. The van der Waals surface area contributed by atoms with Gasteiger partial charge in [0, 0.05) is 25.7 Å². The minimum absolute atomic E-state index is 0.154. The Hall–Kier alpha value is -0.120. The molecule has 0 fully saturated rings. The first kappa shape index (κ1) is 19.9. The maximum atomic E-state index is 5.84. The van der Waals surface area contributed by atoms with Gasteiger partial charge >= 0.3 is 0 Å². The van der Waals surface area contributed by atoms with Gasteiger partial charge in [-0.15, -0.1) is 0 Å². The molecular weight excluding hydrogens is 252 g/mol. The molecule has 0 aliphatic carbocycles. The average Bonchev–Trinajstić information content (AvgIpc) is 2.42. The van der Waals surface area contributed by atoms with Crippen molar-refractivity contribution in [2.75, 3.05) is 20.3 Å². The van der Waals surface area contributed by atoms with Crippen LogP contribution in [0.1, 0.15) is 79.6 Å². The summed E-state index contributed by atoms with van der Waals surface area (Å²) < 4.78 is 17.3. The van der Waals surface area contributed by atoms with Gasteiger partial charge in [-0.1, -0.05) is 59.3 Å². The molecule has 0 radical (unpaired) electrons. The van der Waals surface area contributed by atoms with E-state index < -0.39 is 5.97 Å². The van der Waals surface area contributed by atoms with Gasteiger partial charge in [0.05, 0.1) is 0 Å². The fourth-order valence-corrected chi connectivity index (χ4v) is 2.71. The van der Waals surface area contributed by atoms with E-state index in [-0.39, 0.29) is 5.41 Å². The number of hydrogen-bond acceptors (Lipinski definition) is 3. The quantitative estimate of drug-likeness (QED) is 0.347. The van der Waals surface area contributed by atoms with Crippen molar-refractivity contribution < 1.29 is 14.2 Å². The molecule has 0 N–H and O–H groups in total. The first-order valence-corrected chi connectivity index (χ1v) is 8.32. The topological polar surface area (TPSA) is 27.7 Å². The zero-order chi connectivity index (χ0) is 15.5. The smallest absolute Gasteiger partial charge is 0.288 e. The molecule has 0 aromatic rings. The Bertz CT molecular complexity index is 220. The van der Waals surface area contributed by atoms with Crippen molar-refractivity contribution in [1.29, 1.82) is 0 Å². The summed E-state index contributed by atoms with van der Waals surface area (Å²) in [5.74, 6) is -0.917. The molecule has 122 valence electrons. The molecule has 20 heavy (non-hydrogen) atoms. The van der Waals surface area contributed by atoms with Crippen molar-refractivity contribution >= 4 is 0 Å². The fraction of sp³-hybridized carbons (Fsp3) is 1.00. The van der Waals surface area contributed by atoms with Crippen LogP contribution in [-0.4, -0.2) is 26.3 Å². The molecule has 0 aliphatic heterocycles. The van der Waals surface area contributed by atoms with E-state index in [9.17, 15) is 0 Å². The molecule has 3 heteroatoms. The van der Waals surface area contributed by atoms with Crippen LogP contribution in [0.15, 0.2) is 0 Å². The summed E-state index contributed by atoms with van der Waals surface area (Å²) >= 11 is 0. The van der Waals surface area contributed by atoms with Crippen LogP contribution in [0.4, 0.5) is 0 Å². The highest BCUT2D eigenvalue weighted by atomic mass is 16.9. The zero-order valence-corrected chi connectivity index (χ0v) is 14.6. The van der Waals surface area contributed by atoms with Gasteiger partial charge < -0.3 is 14.2 Å². The lowest BCUT2D eigenvalue weighted by atomic mass is 9.83. The second kappa shape index (κ2) is 10.6. The number of methoxy groups -OCH3 is 1. The van der Waals surface area contributed by atoms with E-state index in [1.807, 2.05) is 13.8 Å². The Kier molecular flexibility index (Phi) is 10.5. The lowest BCUT2D eigenvalue weighted by molar-refractivity contribution is -0.416. The highest BCUT2D eigenvalue weighted by Crippen LogP contribution is 2.40. The van der Waals surface area contributed by atoms with E-state index in [1.165, 1.54) is 38.5 Å². The molecule has 0 aromatic heterocycles.